The number of aliphatic hydroxyl groups is 1. The summed E-state index contributed by atoms with van der Waals surface area (Å²) >= 11 is 1.90. The van der Waals surface area contributed by atoms with Crippen molar-refractivity contribution in [3.8, 4) is 0 Å². The Kier molecular flexibility index (Phi) is 4.74. The second-order valence-electron chi connectivity index (χ2n) is 4.85. The van der Waals surface area contributed by atoms with Crippen molar-refractivity contribution in [1.29, 1.82) is 0 Å². The van der Waals surface area contributed by atoms with Gasteiger partial charge in [-0.3, -0.25) is 0 Å². The van der Waals surface area contributed by atoms with Crippen molar-refractivity contribution < 1.29 is 5.11 Å². The Balaban J connectivity index is 2.19. The van der Waals surface area contributed by atoms with Crippen LogP contribution in [0, 0.1) is 0 Å². The van der Waals surface area contributed by atoms with Crippen LogP contribution in [0.3, 0.4) is 0 Å². The summed E-state index contributed by atoms with van der Waals surface area (Å²) in [6, 6.07) is 0.629. The minimum absolute atomic E-state index is 0.0402. The molecular formula is C11H23NOS. The Hall–Kier alpha value is 0.270. The van der Waals surface area contributed by atoms with Crippen LogP contribution in [-0.2, 0) is 0 Å². The van der Waals surface area contributed by atoms with Gasteiger partial charge in [0, 0.05) is 17.3 Å². The van der Waals surface area contributed by atoms with Gasteiger partial charge in [0.05, 0.1) is 6.10 Å². The quantitative estimate of drug-likeness (QED) is 0.755. The fraction of sp³-hybridized carbons (Fsp3) is 1.00. The molecule has 0 saturated heterocycles. The molecule has 0 radical (unpaired) electrons. The van der Waals surface area contributed by atoms with Crippen LogP contribution in [0.15, 0.2) is 0 Å². The third-order valence-corrected chi connectivity index (χ3v) is 4.32. The van der Waals surface area contributed by atoms with Gasteiger partial charge in [0.2, 0.25) is 0 Å². The number of aliphatic hydroxyl groups excluding tert-OH is 1. The van der Waals surface area contributed by atoms with E-state index in [1.54, 1.807) is 0 Å². The second-order valence-corrected chi connectivity index (χ2v) is 6.36. The molecule has 0 atom stereocenters. The Morgan fingerprint density at radius 2 is 1.86 bits per heavy atom. The number of rotatable bonds is 4. The molecule has 2 N–H and O–H groups in total. The summed E-state index contributed by atoms with van der Waals surface area (Å²) in [6.07, 6.45) is 6.32. The van der Waals surface area contributed by atoms with E-state index in [2.05, 4.69) is 25.4 Å². The molecular weight excluding hydrogens is 194 g/mol. The van der Waals surface area contributed by atoms with Gasteiger partial charge in [0.15, 0.2) is 0 Å². The zero-order chi connectivity index (χ0) is 10.6. The molecule has 1 rings (SSSR count). The number of hydrogen-bond donors (Lipinski definition) is 2. The lowest BCUT2D eigenvalue weighted by Gasteiger charge is -2.30. The Bertz CT molecular complexity index is 165. The maximum atomic E-state index is 9.37. The second kappa shape index (κ2) is 5.38. The fourth-order valence-corrected chi connectivity index (χ4v) is 1.97. The molecule has 0 aromatic rings. The first-order valence-corrected chi connectivity index (χ1v) is 6.72. The largest absolute Gasteiger partial charge is 0.393 e. The molecule has 0 aliphatic heterocycles. The van der Waals surface area contributed by atoms with Crippen LogP contribution in [0.25, 0.3) is 0 Å². The summed E-state index contributed by atoms with van der Waals surface area (Å²) in [5, 5.41) is 13.0. The highest BCUT2D eigenvalue weighted by molar-refractivity contribution is 7.99. The molecule has 2 nitrogen and oxygen atoms in total. The van der Waals surface area contributed by atoms with E-state index < -0.39 is 0 Å². The Labute approximate surface area is 91.9 Å². The van der Waals surface area contributed by atoms with E-state index in [0.29, 0.717) is 10.8 Å². The predicted octanol–water partition coefficient (Wildman–Crippen LogP) is 2.02. The fourth-order valence-electron chi connectivity index (χ4n) is 1.74. The van der Waals surface area contributed by atoms with Crippen molar-refractivity contribution in [1.82, 2.24) is 5.32 Å². The maximum absolute atomic E-state index is 9.37. The molecule has 0 spiro atoms. The van der Waals surface area contributed by atoms with Crippen LogP contribution >= 0.6 is 11.8 Å². The number of thioether (sulfide) groups is 1. The molecule has 1 saturated carbocycles. The molecule has 1 aliphatic carbocycles. The minimum Gasteiger partial charge on any atom is -0.393 e. The van der Waals surface area contributed by atoms with Crippen molar-refractivity contribution in [3.05, 3.63) is 0 Å². The normalized spacial score (nSPS) is 29.1. The van der Waals surface area contributed by atoms with Crippen LogP contribution in [0.5, 0.6) is 0 Å². The van der Waals surface area contributed by atoms with Gasteiger partial charge in [-0.2, -0.15) is 11.8 Å². The number of hydrogen-bond acceptors (Lipinski definition) is 3. The van der Waals surface area contributed by atoms with Gasteiger partial charge in [-0.15, -0.1) is 0 Å². The van der Waals surface area contributed by atoms with Crippen molar-refractivity contribution in [2.75, 3.05) is 12.8 Å². The summed E-state index contributed by atoms with van der Waals surface area (Å²) in [6.45, 7) is 5.60. The van der Waals surface area contributed by atoms with Gasteiger partial charge in [-0.25, -0.2) is 0 Å². The highest BCUT2D eigenvalue weighted by Gasteiger charge is 2.22. The van der Waals surface area contributed by atoms with Crippen LogP contribution in [0.2, 0.25) is 0 Å². The van der Waals surface area contributed by atoms with Gasteiger partial charge in [0.25, 0.3) is 0 Å². The zero-order valence-corrected chi connectivity index (χ0v) is 10.4. The first-order chi connectivity index (χ1) is 6.53. The lowest BCUT2D eigenvalue weighted by Crippen LogP contribution is -2.41. The van der Waals surface area contributed by atoms with Crippen molar-refractivity contribution in [2.24, 2.45) is 0 Å². The van der Waals surface area contributed by atoms with Gasteiger partial charge in [0.1, 0.15) is 0 Å². The van der Waals surface area contributed by atoms with Crippen molar-refractivity contribution in [3.63, 3.8) is 0 Å². The molecule has 0 aromatic carbocycles. The van der Waals surface area contributed by atoms with Crippen LogP contribution in [0.1, 0.15) is 39.5 Å². The highest BCUT2D eigenvalue weighted by Crippen LogP contribution is 2.22. The molecule has 3 heteroatoms. The van der Waals surface area contributed by atoms with E-state index in [4.69, 9.17) is 0 Å². The van der Waals surface area contributed by atoms with Crippen LogP contribution in [-0.4, -0.2) is 34.8 Å². The smallest absolute Gasteiger partial charge is 0.0541 e. The summed E-state index contributed by atoms with van der Waals surface area (Å²) < 4.78 is 0.329. The van der Waals surface area contributed by atoms with Gasteiger partial charge in [-0.05, 0) is 45.8 Å². The van der Waals surface area contributed by atoms with Gasteiger partial charge < -0.3 is 10.4 Å². The molecule has 0 amide bonds. The Morgan fingerprint density at radius 1 is 1.29 bits per heavy atom. The van der Waals surface area contributed by atoms with E-state index >= 15 is 0 Å². The molecule has 14 heavy (non-hydrogen) atoms. The van der Waals surface area contributed by atoms with E-state index in [0.717, 1.165) is 32.2 Å². The molecule has 0 bridgehead atoms. The Morgan fingerprint density at radius 3 is 2.36 bits per heavy atom. The van der Waals surface area contributed by atoms with E-state index in [-0.39, 0.29) is 6.10 Å². The molecule has 0 aromatic heterocycles. The van der Waals surface area contributed by atoms with E-state index in [1.165, 1.54) is 0 Å². The molecule has 1 aliphatic rings. The predicted molar refractivity (Wildman–Crippen MR) is 63.9 cm³/mol. The van der Waals surface area contributed by atoms with Gasteiger partial charge in [-0.1, -0.05) is 0 Å². The standard InChI is InChI=1S/C11H23NOS/c1-11(2,14-3)8-12-9-4-6-10(13)7-5-9/h9-10,12-13H,4-8H2,1-3H3. The monoisotopic (exact) mass is 217 g/mol. The molecule has 0 unspecified atom stereocenters. The van der Waals surface area contributed by atoms with Crippen LogP contribution < -0.4 is 5.32 Å². The third kappa shape index (κ3) is 4.20. The minimum atomic E-state index is -0.0402. The SMILES string of the molecule is CSC(C)(C)CNC1CCC(O)CC1. The van der Waals surface area contributed by atoms with Gasteiger partial charge >= 0.3 is 0 Å². The molecule has 84 valence electrons. The average molecular weight is 217 g/mol. The summed E-state index contributed by atoms with van der Waals surface area (Å²) in [4.78, 5) is 0. The summed E-state index contributed by atoms with van der Waals surface area (Å²) in [5.41, 5.74) is 0. The zero-order valence-electron chi connectivity index (χ0n) is 9.55. The first-order valence-electron chi connectivity index (χ1n) is 5.50. The number of nitrogens with one attached hydrogen (secondary N) is 1. The van der Waals surface area contributed by atoms with E-state index in [1.807, 2.05) is 11.8 Å². The van der Waals surface area contributed by atoms with E-state index in [9.17, 15) is 5.11 Å². The molecule has 0 heterocycles. The topological polar surface area (TPSA) is 32.3 Å². The van der Waals surface area contributed by atoms with Crippen molar-refractivity contribution >= 4 is 11.8 Å². The lowest BCUT2D eigenvalue weighted by molar-refractivity contribution is 0.116. The lowest BCUT2D eigenvalue weighted by atomic mass is 9.93. The highest BCUT2D eigenvalue weighted by atomic mass is 32.2. The third-order valence-electron chi connectivity index (χ3n) is 3.07. The average Bonchev–Trinajstić information content (AvgIpc) is 2.17. The first kappa shape index (κ1) is 12.3. The maximum Gasteiger partial charge on any atom is 0.0541 e. The summed E-state index contributed by atoms with van der Waals surface area (Å²) in [7, 11) is 0. The van der Waals surface area contributed by atoms with Crippen LogP contribution in [0.4, 0.5) is 0 Å². The summed E-state index contributed by atoms with van der Waals surface area (Å²) in [5.74, 6) is 0. The van der Waals surface area contributed by atoms with Crippen molar-refractivity contribution in [2.45, 2.75) is 56.4 Å². The molecule has 1 fully saturated rings.